The Bertz CT molecular complexity index is 193. The smallest absolute Gasteiger partial charge is 0.215 e. The van der Waals surface area contributed by atoms with Crippen LogP contribution in [0.1, 0.15) is 6.42 Å². The molecule has 0 bridgehead atoms. The van der Waals surface area contributed by atoms with Crippen LogP contribution in [-0.4, -0.2) is 20.1 Å². The van der Waals surface area contributed by atoms with Gasteiger partial charge in [0, 0.05) is 12.7 Å². The Hall–Kier alpha value is -0.590. The Morgan fingerprint density at radius 1 is 1.60 bits per heavy atom. The van der Waals surface area contributed by atoms with Crippen molar-refractivity contribution in [3.63, 3.8) is 0 Å². The Balaban J connectivity index is 2.35. The second-order valence-electron chi connectivity index (χ2n) is 1.83. The fourth-order valence-corrected chi connectivity index (χ4v) is 1.03. The molecule has 1 rings (SSSR count). The zero-order chi connectivity index (χ0) is 7.40. The van der Waals surface area contributed by atoms with Gasteiger partial charge in [0.15, 0.2) is 0 Å². The lowest BCUT2D eigenvalue weighted by Crippen LogP contribution is -2.46. The van der Waals surface area contributed by atoms with Crippen molar-refractivity contribution in [3.05, 3.63) is 12.3 Å². The topological polar surface area (TPSA) is 61.4 Å². The lowest BCUT2D eigenvalue weighted by molar-refractivity contribution is 0.185. The van der Waals surface area contributed by atoms with Crippen molar-refractivity contribution >= 4 is 10.9 Å². The Labute approximate surface area is 60.7 Å². The molecule has 1 aliphatic heterocycles. The van der Waals surface area contributed by atoms with E-state index >= 15 is 0 Å². The van der Waals surface area contributed by atoms with E-state index < -0.39 is 10.9 Å². The molecule has 0 fully saturated rings. The quantitative estimate of drug-likeness (QED) is 0.445. The minimum Gasteiger partial charge on any atom is -0.312 e. The molecule has 0 aromatic heterocycles. The zero-order valence-corrected chi connectivity index (χ0v) is 6.17. The molecule has 0 amide bonds. The first-order chi connectivity index (χ1) is 4.79. The molecule has 0 spiro atoms. The van der Waals surface area contributed by atoms with Crippen LogP contribution in [0.15, 0.2) is 12.3 Å². The third-order valence-electron chi connectivity index (χ3n) is 1.07. The van der Waals surface area contributed by atoms with E-state index in [0.29, 0.717) is 6.54 Å². The van der Waals surface area contributed by atoms with Gasteiger partial charge in [-0.1, -0.05) is 6.08 Å². The van der Waals surface area contributed by atoms with Crippen molar-refractivity contribution in [2.45, 2.75) is 6.42 Å². The van der Waals surface area contributed by atoms with E-state index in [-0.39, 0.29) is 0 Å². The number of hydrazine groups is 2. The third-order valence-corrected chi connectivity index (χ3v) is 1.47. The SMILES string of the molecule is O=[SH](=O)NN1CCC=CN1. The normalized spacial score (nSPS) is 19.3. The van der Waals surface area contributed by atoms with Crippen LogP contribution in [-0.2, 0) is 10.9 Å². The second kappa shape index (κ2) is 3.55. The minimum atomic E-state index is -2.54. The van der Waals surface area contributed by atoms with Gasteiger partial charge in [-0.05, 0) is 6.42 Å². The van der Waals surface area contributed by atoms with E-state index in [9.17, 15) is 8.42 Å². The van der Waals surface area contributed by atoms with Gasteiger partial charge in [0.1, 0.15) is 0 Å². The molecule has 0 radical (unpaired) electrons. The summed E-state index contributed by atoms with van der Waals surface area (Å²) in [6, 6.07) is 0. The molecule has 5 nitrogen and oxygen atoms in total. The van der Waals surface area contributed by atoms with Crippen LogP contribution >= 0.6 is 0 Å². The Morgan fingerprint density at radius 2 is 2.40 bits per heavy atom. The molecule has 1 aliphatic rings. The summed E-state index contributed by atoms with van der Waals surface area (Å²) in [5, 5.41) is 1.41. The largest absolute Gasteiger partial charge is 0.312 e. The average molecular weight is 163 g/mol. The fraction of sp³-hybridized carbons (Fsp3) is 0.500. The van der Waals surface area contributed by atoms with Gasteiger partial charge >= 0.3 is 0 Å². The van der Waals surface area contributed by atoms with Crippen molar-refractivity contribution in [2.24, 2.45) is 0 Å². The number of hydrogen-bond donors (Lipinski definition) is 3. The molecule has 1 heterocycles. The van der Waals surface area contributed by atoms with Gasteiger partial charge in [-0.15, -0.1) is 9.95 Å². The lowest BCUT2D eigenvalue weighted by atomic mass is 10.4. The summed E-state index contributed by atoms with van der Waals surface area (Å²) < 4.78 is 20.2. The summed E-state index contributed by atoms with van der Waals surface area (Å²) >= 11 is 0. The molecule has 58 valence electrons. The highest BCUT2D eigenvalue weighted by Gasteiger charge is 2.03. The van der Waals surface area contributed by atoms with Gasteiger partial charge in [0.05, 0.1) is 0 Å². The number of nitrogens with zero attached hydrogens (tertiary/aromatic N) is 1. The van der Waals surface area contributed by atoms with Gasteiger partial charge < -0.3 is 5.43 Å². The Morgan fingerprint density at radius 3 is 2.90 bits per heavy atom. The van der Waals surface area contributed by atoms with Crippen LogP contribution in [0.5, 0.6) is 0 Å². The highest BCUT2D eigenvalue weighted by molar-refractivity contribution is 7.70. The standard InChI is InChI=1S/C4H9N3O2S/c8-10(9)6-7-4-2-1-3-5-7/h1,3,5,10H,2,4H2,(H,6,8,9). The first-order valence-electron chi connectivity index (χ1n) is 2.88. The maximum atomic E-state index is 10.1. The molecule has 0 saturated carbocycles. The number of hydrogen-bond acceptors (Lipinski definition) is 4. The number of rotatable bonds is 2. The highest BCUT2D eigenvalue weighted by Crippen LogP contribution is 1.90. The maximum absolute atomic E-state index is 10.1. The summed E-state index contributed by atoms with van der Waals surface area (Å²) in [4.78, 5) is 2.21. The zero-order valence-electron chi connectivity index (χ0n) is 5.28. The van der Waals surface area contributed by atoms with Crippen molar-refractivity contribution < 1.29 is 8.42 Å². The highest BCUT2D eigenvalue weighted by atomic mass is 32.2. The second-order valence-corrected chi connectivity index (χ2v) is 2.54. The summed E-state index contributed by atoms with van der Waals surface area (Å²) in [7, 11) is -2.54. The van der Waals surface area contributed by atoms with E-state index in [2.05, 4.69) is 10.3 Å². The van der Waals surface area contributed by atoms with Gasteiger partial charge in [0.25, 0.3) is 0 Å². The molecule has 10 heavy (non-hydrogen) atoms. The maximum Gasteiger partial charge on any atom is 0.215 e. The summed E-state index contributed by atoms with van der Waals surface area (Å²) in [5.41, 5.74) is 2.71. The van der Waals surface area contributed by atoms with Crippen LogP contribution < -0.4 is 10.3 Å². The molecule has 0 aliphatic carbocycles. The monoisotopic (exact) mass is 163 g/mol. The molecule has 6 heteroatoms. The van der Waals surface area contributed by atoms with E-state index in [1.165, 1.54) is 5.12 Å². The average Bonchev–Trinajstić information content (AvgIpc) is 1.88. The van der Waals surface area contributed by atoms with Crippen LogP contribution in [0.3, 0.4) is 0 Å². The van der Waals surface area contributed by atoms with E-state index in [1.54, 1.807) is 6.20 Å². The van der Waals surface area contributed by atoms with Gasteiger partial charge in [-0.2, -0.15) is 0 Å². The molecule has 0 atom stereocenters. The molecule has 0 saturated heterocycles. The molecule has 0 unspecified atom stereocenters. The molecular formula is C4H9N3O2S. The van der Waals surface area contributed by atoms with E-state index in [4.69, 9.17) is 0 Å². The van der Waals surface area contributed by atoms with E-state index in [0.717, 1.165) is 6.42 Å². The van der Waals surface area contributed by atoms with Crippen molar-refractivity contribution in [2.75, 3.05) is 6.54 Å². The minimum absolute atomic E-state index is 0.653. The van der Waals surface area contributed by atoms with Gasteiger partial charge in [-0.3, -0.25) is 0 Å². The summed E-state index contributed by atoms with van der Waals surface area (Å²) in [6.45, 7) is 0.653. The first kappa shape index (κ1) is 7.52. The lowest BCUT2D eigenvalue weighted by Gasteiger charge is -2.21. The van der Waals surface area contributed by atoms with E-state index in [1.807, 2.05) is 6.08 Å². The fourth-order valence-electron chi connectivity index (χ4n) is 0.672. The van der Waals surface area contributed by atoms with Crippen LogP contribution in [0.2, 0.25) is 0 Å². The summed E-state index contributed by atoms with van der Waals surface area (Å²) in [5.74, 6) is 0. The summed E-state index contributed by atoms with van der Waals surface area (Å²) in [6.07, 6.45) is 4.47. The van der Waals surface area contributed by atoms with Crippen molar-refractivity contribution in [1.82, 2.24) is 15.4 Å². The van der Waals surface area contributed by atoms with Gasteiger partial charge in [0.2, 0.25) is 10.9 Å². The predicted octanol–water partition coefficient (Wildman–Crippen LogP) is -1.26. The molecule has 2 N–H and O–H groups in total. The van der Waals surface area contributed by atoms with Crippen LogP contribution in [0.25, 0.3) is 0 Å². The molecule has 0 aromatic carbocycles. The van der Waals surface area contributed by atoms with Crippen LogP contribution in [0, 0.1) is 0 Å². The molecular weight excluding hydrogens is 154 g/mol. The van der Waals surface area contributed by atoms with Crippen molar-refractivity contribution in [1.29, 1.82) is 0 Å². The predicted molar refractivity (Wildman–Crippen MR) is 37.0 cm³/mol. The van der Waals surface area contributed by atoms with Crippen molar-refractivity contribution in [3.8, 4) is 0 Å². The first-order valence-corrected chi connectivity index (χ1v) is 4.06. The van der Waals surface area contributed by atoms with Crippen LogP contribution in [0.4, 0.5) is 0 Å². The number of nitrogens with one attached hydrogen (secondary N) is 2. The number of thiol groups is 1. The van der Waals surface area contributed by atoms with Gasteiger partial charge in [-0.25, -0.2) is 8.42 Å². The molecule has 0 aromatic rings. The Kier molecular flexibility index (Phi) is 2.67. The third kappa shape index (κ3) is 2.34.